The lowest BCUT2D eigenvalue weighted by Crippen LogP contribution is -1.83. The average molecular weight is 335 g/mol. The van der Waals surface area contributed by atoms with Gasteiger partial charge in [0, 0.05) is 10.1 Å². The molecule has 0 amide bonds. The van der Waals surface area contributed by atoms with Crippen LogP contribution in [0.3, 0.4) is 0 Å². The number of hydrogen-bond acceptors (Lipinski definition) is 2. The predicted molar refractivity (Wildman–Crippen MR) is 93.6 cm³/mol. The quantitative estimate of drug-likeness (QED) is 0.666. The summed E-state index contributed by atoms with van der Waals surface area (Å²) in [6.45, 7) is 0. The third kappa shape index (κ3) is 4.30. The maximum absolute atomic E-state index is 6.28. The van der Waals surface area contributed by atoms with Gasteiger partial charge in [0.2, 0.25) is 0 Å². The molecule has 2 nitrogen and oxygen atoms in total. The highest BCUT2D eigenvalue weighted by Gasteiger charge is 2.00. The Bertz CT molecular complexity index is 610. The number of halogens is 2. The van der Waals surface area contributed by atoms with Gasteiger partial charge in [-0.3, -0.25) is 0 Å². The predicted octanol–water partition coefficient (Wildman–Crippen LogP) is 5.56. The van der Waals surface area contributed by atoms with E-state index in [1.54, 1.807) is 26.4 Å². The second kappa shape index (κ2) is 7.92. The summed E-state index contributed by atoms with van der Waals surface area (Å²) in [7, 11) is 3.26. The Morgan fingerprint density at radius 3 is 1.27 bits per heavy atom. The van der Waals surface area contributed by atoms with Crippen molar-refractivity contribution < 1.29 is 9.47 Å². The Labute approximate surface area is 140 Å². The third-order valence-corrected chi connectivity index (χ3v) is 3.80. The summed E-state index contributed by atoms with van der Waals surface area (Å²) in [6, 6.07) is 15.0. The van der Waals surface area contributed by atoms with E-state index in [2.05, 4.69) is 0 Å². The van der Waals surface area contributed by atoms with E-state index >= 15 is 0 Å². The topological polar surface area (TPSA) is 18.5 Å². The Morgan fingerprint density at radius 2 is 1.00 bits per heavy atom. The summed E-state index contributed by atoms with van der Waals surface area (Å²) in [5.41, 5.74) is 1.80. The van der Waals surface area contributed by atoms with Gasteiger partial charge in [-0.15, -0.1) is 0 Å². The summed E-state index contributed by atoms with van der Waals surface area (Å²) in [6.07, 6.45) is 3.55. The van der Waals surface area contributed by atoms with E-state index in [1.165, 1.54) is 0 Å². The normalized spacial score (nSPS) is 12.2. The van der Waals surface area contributed by atoms with Gasteiger partial charge in [-0.1, -0.05) is 23.2 Å². The molecule has 2 aromatic carbocycles. The minimum atomic E-state index is 0.606. The SMILES string of the molecule is COc1ccc(/C(Cl)=C/C=C(\Cl)c2ccc(OC)cc2)cc1. The first-order valence-electron chi connectivity index (χ1n) is 6.66. The molecule has 0 N–H and O–H groups in total. The first-order valence-corrected chi connectivity index (χ1v) is 7.41. The maximum Gasteiger partial charge on any atom is 0.118 e. The van der Waals surface area contributed by atoms with Crippen LogP contribution in [0.2, 0.25) is 0 Å². The first kappa shape index (κ1) is 16.5. The van der Waals surface area contributed by atoms with E-state index in [0.717, 1.165) is 22.6 Å². The minimum Gasteiger partial charge on any atom is -0.497 e. The summed E-state index contributed by atoms with van der Waals surface area (Å²) in [4.78, 5) is 0. The fourth-order valence-corrected chi connectivity index (χ4v) is 2.22. The van der Waals surface area contributed by atoms with Crippen molar-refractivity contribution in [1.29, 1.82) is 0 Å². The van der Waals surface area contributed by atoms with Crippen LogP contribution in [0.15, 0.2) is 60.7 Å². The van der Waals surface area contributed by atoms with Crippen LogP contribution in [0.4, 0.5) is 0 Å². The molecule has 114 valence electrons. The fourth-order valence-electron chi connectivity index (χ4n) is 1.84. The minimum absolute atomic E-state index is 0.606. The van der Waals surface area contributed by atoms with Gasteiger partial charge in [0.25, 0.3) is 0 Å². The second-order valence-electron chi connectivity index (χ2n) is 4.49. The second-order valence-corrected chi connectivity index (χ2v) is 5.30. The summed E-state index contributed by atoms with van der Waals surface area (Å²) in [5.74, 6) is 1.58. The van der Waals surface area contributed by atoms with E-state index in [9.17, 15) is 0 Å². The van der Waals surface area contributed by atoms with Gasteiger partial charge in [-0.25, -0.2) is 0 Å². The monoisotopic (exact) mass is 334 g/mol. The molecule has 0 aliphatic rings. The highest BCUT2D eigenvalue weighted by Crippen LogP contribution is 2.25. The molecule has 0 atom stereocenters. The van der Waals surface area contributed by atoms with Crippen molar-refractivity contribution in [2.75, 3.05) is 14.2 Å². The number of ether oxygens (including phenoxy) is 2. The molecule has 22 heavy (non-hydrogen) atoms. The number of rotatable bonds is 5. The molecule has 0 unspecified atom stereocenters. The maximum atomic E-state index is 6.28. The highest BCUT2D eigenvalue weighted by molar-refractivity contribution is 6.50. The molecule has 0 radical (unpaired) electrons. The summed E-state index contributed by atoms with van der Waals surface area (Å²) >= 11 is 12.6. The van der Waals surface area contributed by atoms with Crippen molar-refractivity contribution in [3.8, 4) is 11.5 Å². The van der Waals surface area contributed by atoms with Crippen molar-refractivity contribution in [2.45, 2.75) is 0 Å². The summed E-state index contributed by atoms with van der Waals surface area (Å²) < 4.78 is 10.2. The molecular weight excluding hydrogens is 319 g/mol. The van der Waals surface area contributed by atoms with Gasteiger partial charge in [0.1, 0.15) is 11.5 Å². The molecule has 0 fully saturated rings. The van der Waals surface area contributed by atoms with E-state index < -0.39 is 0 Å². The largest absolute Gasteiger partial charge is 0.497 e. The summed E-state index contributed by atoms with van der Waals surface area (Å²) in [5, 5.41) is 1.21. The van der Waals surface area contributed by atoms with Gasteiger partial charge in [-0.2, -0.15) is 0 Å². The smallest absolute Gasteiger partial charge is 0.118 e. The van der Waals surface area contributed by atoms with Crippen molar-refractivity contribution in [3.63, 3.8) is 0 Å². The molecule has 0 spiro atoms. The zero-order valence-electron chi connectivity index (χ0n) is 12.3. The highest BCUT2D eigenvalue weighted by atomic mass is 35.5. The van der Waals surface area contributed by atoms with Crippen molar-refractivity contribution >= 4 is 33.3 Å². The molecule has 0 saturated heterocycles. The van der Waals surface area contributed by atoms with Gasteiger partial charge in [0.15, 0.2) is 0 Å². The molecule has 2 aromatic rings. The van der Waals surface area contributed by atoms with Crippen LogP contribution in [-0.2, 0) is 0 Å². The molecule has 0 bridgehead atoms. The standard InChI is InChI=1S/C18H16Cl2O2/c1-21-15-7-3-13(4-8-15)17(19)11-12-18(20)14-5-9-16(22-2)10-6-14/h3-12H,1-2H3/b17-11-,18-12-. The van der Waals surface area contributed by atoms with Crippen LogP contribution in [0, 0.1) is 0 Å². The van der Waals surface area contributed by atoms with E-state index in [4.69, 9.17) is 32.7 Å². The molecule has 2 rings (SSSR count). The van der Waals surface area contributed by atoms with Crippen LogP contribution >= 0.6 is 23.2 Å². The van der Waals surface area contributed by atoms with Crippen molar-refractivity contribution in [2.24, 2.45) is 0 Å². The molecule has 0 aliphatic heterocycles. The number of methoxy groups -OCH3 is 2. The molecule has 0 heterocycles. The average Bonchev–Trinajstić information content (AvgIpc) is 2.59. The number of allylic oxidation sites excluding steroid dienone is 2. The third-order valence-electron chi connectivity index (χ3n) is 3.11. The lowest BCUT2D eigenvalue weighted by atomic mass is 10.1. The van der Waals surface area contributed by atoms with Gasteiger partial charge in [-0.05, 0) is 71.8 Å². The lowest BCUT2D eigenvalue weighted by molar-refractivity contribution is 0.414. The zero-order chi connectivity index (χ0) is 15.9. The van der Waals surface area contributed by atoms with Crippen LogP contribution in [0.25, 0.3) is 10.1 Å². The van der Waals surface area contributed by atoms with Gasteiger partial charge >= 0.3 is 0 Å². The first-order chi connectivity index (χ1) is 10.6. The Hall–Kier alpha value is -1.90. The number of hydrogen-bond donors (Lipinski definition) is 0. The molecule has 4 heteroatoms. The molecule has 0 aliphatic carbocycles. The van der Waals surface area contributed by atoms with E-state index in [-0.39, 0.29) is 0 Å². The van der Waals surface area contributed by atoms with Gasteiger partial charge in [0.05, 0.1) is 14.2 Å². The Morgan fingerprint density at radius 1 is 0.682 bits per heavy atom. The van der Waals surface area contributed by atoms with E-state index in [1.807, 2.05) is 48.5 Å². The zero-order valence-corrected chi connectivity index (χ0v) is 13.9. The number of benzene rings is 2. The van der Waals surface area contributed by atoms with Gasteiger partial charge < -0.3 is 9.47 Å². The van der Waals surface area contributed by atoms with Crippen molar-refractivity contribution in [3.05, 3.63) is 71.8 Å². The van der Waals surface area contributed by atoms with Crippen molar-refractivity contribution in [1.82, 2.24) is 0 Å². The molecule has 0 aromatic heterocycles. The van der Waals surface area contributed by atoms with Crippen LogP contribution < -0.4 is 9.47 Å². The Kier molecular flexibility index (Phi) is 5.93. The molecular formula is C18H16Cl2O2. The van der Waals surface area contributed by atoms with Crippen LogP contribution in [0.1, 0.15) is 11.1 Å². The Balaban J connectivity index is 2.15. The molecule has 0 saturated carbocycles. The van der Waals surface area contributed by atoms with E-state index in [0.29, 0.717) is 10.1 Å². The lowest BCUT2D eigenvalue weighted by Gasteiger charge is -2.03. The fraction of sp³-hybridized carbons (Fsp3) is 0.111. The van der Waals surface area contributed by atoms with Crippen LogP contribution in [-0.4, -0.2) is 14.2 Å². The van der Waals surface area contributed by atoms with Crippen LogP contribution in [0.5, 0.6) is 11.5 Å².